The quantitative estimate of drug-likeness (QED) is 0.400. The molecule has 0 saturated heterocycles. The van der Waals surface area contributed by atoms with Gasteiger partial charge < -0.3 is 0 Å². The van der Waals surface area contributed by atoms with Gasteiger partial charge in [-0.2, -0.15) is 5.10 Å². The number of hydrogen-bond acceptors (Lipinski definition) is 5. The molecule has 0 spiro atoms. The number of rotatable bonds is 7. The number of carbonyl (C=O) groups is 1. The molecule has 2 rings (SSSR count). The molecular weight excluding hydrogens is 429 g/mol. The van der Waals surface area contributed by atoms with Crippen LogP contribution in [0.5, 0.6) is 0 Å². The summed E-state index contributed by atoms with van der Waals surface area (Å²) in [6.07, 6.45) is 4.43. The second kappa shape index (κ2) is 9.45. The molecule has 2 aromatic carbocycles. The van der Waals surface area contributed by atoms with E-state index >= 15 is 0 Å². The Bertz CT molecular complexity index is 948. The third-order valence-corrected chi connectivity index (χ3v) is 6.09. The van der Waals surface area contributed by atoms with Crippen molar-refractivity contribution in [1.29, 1.82) is 0 Å². The number of thioether (sulfide) groups is 1. The summed E-state index contributed by atoms with van der Waals surface area (Å²) in [5.41, 5.74) is 3.23. The van der Waals surface area contributed by atoms with Crippen molar-refractivity contribution < 1.29 is 13.2 Å². The Kier molecular flexibility index (Phi) is 7.55. The van der Waals surface area contributed by atoms with Crippen LogP contribution in [0, 0.1) is 0 Å². The van der Waals surface area contributed by atoms with Crippen molar-refractivity contribution in [2.45, 2.75) is 4.90 Å². The number of hydrogen-bond donors (Lipinski definition) is 1. The predicted octanol–water partition coefficient (Wildman–Crippen LogP) is 3.63. The highest BCUT2D eigenvalue weighted by atomic mass is 35.5. The van der Waals surface area contributed by atoms with Crippen LogP contribution in [0.25, 0.3) is 0 Å². The van der Waals surface area contributed by atoms with Crippen LogP contribution in [0.15, 0.2) is 52.5 Å². The zero-order chi connectivity index (χ0) is 20.0. The summed E-state index contributed by atoms with van der Waals surface area (Å²) in [4.78, 5) is 13.3. The molecule has 0 aliphatic rings. The third kappa shape index (κ3) is 6.14. The van der Waals surface area contributed by atoms with Crippen LogP contribution in [-0.4, -0.2) is 39.6 Å². The molecule has 1 amide bonds. The van der Waals surface area contributed by atoms with Gasteiger partial charge in [0.05, 0.1) is 28.2 Å². The van der Waals surface area contributed by atoms with Gasteiger partial charge in [0.1, 0.15) is 6.54 Å². The summed E-state index contributed by atoms with van der Waals surface area (Å²) in [5, 5.41) is 4.09. The highest BCUT2D eigenvalue weighted by Gasteiger charge is 2.23. The first-order valence-electron chi connectivity index (χ1n) is 7.60. The molecule has 6 nitrogen and oxygen atoms in total. The van der Waals surface area contributed by atoms with Crippen molar-refractivity contribution in [2.24, 2.45) is 5.10 Å². The third-order valence-electron chi connectivity index (χ3n) is 3.41. The Balaban J connectivity index is 2.10. The number of nitrogens with one attached hydrogen (secondary N) is 1. The van der Waals surface area contributed by atoms with Crippen molar-refractivity contribution in [3.8, 4) is 0 Å². The first-order valence-corrected chi connectivity index (χ1v) is 11.4. The standard InChI is InChI=1S/C17H17Cl2N3O3S2/c1-26-13-8-6-12(7-9-13)10-20-21-16(23)11-22(27(2,24)25)15-5-3-4-14(18)17(15)19/h3-10H,11H2,1-2H3,(H,21,23)/b20-10-. The lowest BCUT2D eigenvalue weighted by Crippen LogP contribution is -2.39. The second-order valence-corrected chi connectivity index (χ2v) is 8.98. The van der Waals surface area contributed by atoms with Crippen molar-refractivity contribution in [3.63, 3.8) is 0 Å². The average molecular weight is 446 g/mol. The maximum absolute atomic E-state index is 12.1. The van der Waals surface area contributed by atoms with Crippen LogP contribution >= 0.6 is 35.0 Å². The molecule has 0 unspecified atom stereocenters. The first kappa shape index (κ1) is 21.6. The molecule has 0 radical (unpaired) electrons. The largest absolute Gasteiger partial charge is 0.271 e. The summed E-state index contributed by atoms with van der Waals surface area (Å²) in [6, 6.07) is 12.1. The molecule has 0 aromatic heterocycles. The topological polar surface area (TPSA) is 78.8 Å². The molecule has 1 N–H and O–H groups in total. The fraction of sp³-hybridized carbons (Fsp3) is 0.176. The number of benzene rings is 2. The van der Waals surface area contributed by atoms with E-state index in [1.807, 2.05) is 30.5 Å². The van der Waals surface area contributed by atoms with Crippen molar-refractivity contribution in [1.82, 2.24) is 5.43 Å². The number of halogens is 2. The van der Waals surface area contributed by atoms with Crippen LogP contribution in [0.1, 0.15) is 5.56 Å². The molecule has 0 bridgehead atoms. The molecular formula is C17H17Cl2N3O3S2. The van der Waals surface area contributed by atoms with Crippen LogP contribution in [0.3, 0.4) is 0 Å². The zero-order valence-corrected chi connectivity index (χ0v) is 17.7. The fourth-order valence-electron chi connectivity index (χ4n) is 2.10. The van der Waals surface area contributed by atoms with Gasteiger partial charge >= 0.3 is 0 Å². The molecule has 144 valence electrons. The Morgan fingerprint density at radius 2 is 1.89 bits per heavy atom. The minimum atomic E-state index is -3.76. The summed E-state index contributed by atoms with van der Waals surface area (Å²) in [5.74, 6) is -0.617. The van der Waals surface area contributed by atoms with E-state index in [9.17, 15) is 13.2 Å². The molecule has 0 aliphatic carbocycles. The van der Waals surface area contributed by atoms with Crippen LogP contribution in [-0.2, 0) is 14.8 Å². The molecule has 0 atom stereocenters. The van der Waals surface area contributed by atoms with E-state index in [0.29, 0.717) is 0 Å². The van der Waals surface area contributed by atoms with Crippen molar-refractivity contribution in [2.75, 3.05) is 23.4 Å². The smallest absolute Gasteiger partial charge is 0.260 e. The van der Waals surface area contributed by atoms with Gasteiger partial charge in [-0.1, -0.05) is 41.4 Å². The molecule has 27 heavy (non-hydrogen) atoms. The van der Waals surface area contributed by atoms with Gasteiger partial charge in [-0.05, 0) is 36.1 Å². The summed E-state index contributed by atoms with van der Waals surface area (Å²) >= 11 is 13.6. The van der Waals surface area contributed by atoms with Gasteiger partial charge in [-0.3, -0.25) is 9.10 Å². The van der Waals surface area contributed by atoms with E-state index in [0.717, 1.165) is 21.0 Å². The maximum Gasteiger partial charge on any atom is 0.260 e. The molecule has 10 heteroatoms. The highest BCUT2D eigenvalue weighted by Crippen LogP contribution is 2.33. The Morgan fingerprint density at radius 3 is 2.48 bits per heavy atom. The minimum Gasteiger partial charge on any atom is -0.271 e. The van der Waals surface area contributed by atoms with E-state index < -0.39 is 22.5 Å². The summed E-state index contributed by atoms with van der Waals surface area (Å²) in [7, 11) is -3.76. The number of amides is 1. The predicted molar refractivity (Wildman–Crippen MR) is 113 cm³/mol. The van der Waals surface area contributed by atoms with Gasteiger partial charge in [0.15, 0.2) is 0 Å². The van der Waals surface area contributed by atoms with Gasteiger partial charge in [0.25, 0.3) is 5.91 Å². The fourth-order valence-corrected chi connectivity index (χ4v) is 3.82. The maximum atomic E-state index is 12.1. The van der Waals surface area contributed by atoms with Crippen LogP contribution in [0.2, 0.25) is 10.0 Å². The lowest BCUT2D eigenvalue weighted by molar-refractivity contribution is -0.119. The monoisotopic (exact) mass is 445 g/mol. The van der Waals surface area contributed by atoms with Gasteiger partial charge in [-0.25, -0.2) is 13.8 Å². The molecule has 0 saturated carbocycles. The molecule has 0 fully saturated rings. The Hall–Kier alpha value is -1.74. The Morgan fingerprint density at radius 1 is 1.22 bits per heavy atom. The average Bonchev–Trinajstić information content (AvgIpc) is 2.62. The molecule has 2 aromatic rings. The second-order valence-electron chi connectivity index (χ2n) is 5.41. The number of hydrazone groups is 1. The van der Waals surface area contributed by atoms with E-state index in [2.05, 4.69) is 10.5 Å². The molecule has 0 heterocycles. The van der Waals surface area contributed by atoms with E-state index in [1.54, 1.807) is 17.8 Å². The van der Waals surface area contributed by atoms with Crippen molar-refractivity contribution >= 4 is 62.8 Å². The highest BCUT2D eigenvalue weighted by molar-refractivity contribution is 7.98. The van der Waals surface area contributed by atoms with E-state index in [1.165, 1.54) is 18.3 Å². The molecule has 0 aliphatic heterocycles. The lowest BCUT2D eigenvalue weighted by Gasteiger charge is -2.22. The van der Waals surface area contributed by atoms with E-state index in [-0.39, 0.29) is 15.7 Å². The number of carbonyl (C=O) groups excluding carboxylic acids is 1. The van der Waals surface area contributed by atoms with Crippen molar-refractivity contribution in [3.05, 3.63) is 58.1 Å². The Labute approximate surface area is 172 Å². The van der Waals surface area contributed by atoms with E-state index in [4.69, 9.17) is 23.2 Å². The normalized spacial score (nSPS) is 11.6. The SMILES string of the molecule is CSc1ccc(/C=N\NC(=O)CN(c2cccc(Cl)c2Cl)S(C)(=O)=O)cc1. The number of anilines is 1. The number of nitrogens with zero attached hydrogens (tertiary/aromatic N) is 2. The minimum absolute atomic E-state index is 0.0507. The van der Waals surface area contributed by atoms with Gasteiger partial charge in [-0.15, -0.1) is 11.8 Å². The summed E-state index contributed by atoms with van der Waals surface area (Å²) < 4.78 is 25.1. The first-order chi connectivity index (χ1) is 12.7. The van der Waals surface area contributed by atoms with Gasteiger partial charge in [0, 0.05) is 4.90 Å². The number of sulfonamides is 1. The lowest BCUT2D eigenvalue weighted by atomic mass is 10.2. The van der Waals surface area contributed by atoms with Crippen LogP contribution < -0.4 is 9.73 Å². The summed E-state index contributed by atoms with van der Waals surface area (Å²) in [6.45, 7) is -0.484. The zero-order valence-electron chi connectivity index (χ0n) is 14.5. The van der Waals surface area contributed by atoms with Crippen LogP contribution in [0.4, 0.5) is 5.69 Å². The van der Waals surface area contributed by atoms with Gasteiger partial charge in [0.2, 0.25) is 10.0 Å².